The van der Waals surface area contributed by atoms with Crippen LogP contribution in [0.5, 0.6) is 0 Å². The first-order valence-electron chi connectivity index (χ1n) is 8.44. The summed E-state index contributed by atoms with van der Waals surface area (Å²) >= 11 is 1.62. The van der Waals surface area contributed by atoms with E-state index >= 15 is 0 Å². The van der Waals surface area contributed by atoms with Crippen LogP contribution in [-0.2, 0) is 11.3 Å². The maximum Gasteiger partial charge on any atom is 0.196 e. The fourth-order valence-electron chi connectivity index (χ4n) is 2.55. The minimum atomic E-state index is 0.590. The Balaban J connectivity index is 1.81. The number of ether oxygens (including phenoxy) is 1. The summed E-state index contributed by atoms with van der Waals surface area (Å²) in [4.78, 5) is 0. The van der Waals surface area contributed by atoms with E-state index in [1.807, 2.05) is 30.3 Å². The zero-order chi connectivity index (χ0) is 18.2. The molecule has 0 amide bonds. The number of benzene rings is 2. The third-order valence-electron chi connectivity index (χ3n) is 3.85. The van der Waals surface area contributed by atoms with Gasteiger partial charge in [-0.25, -0.2) is 0 Å². The van der Waals surface area contributed by atoms with Crippen LogP contribution >= 0.6 is 11.8 Å². The number of nitrogens with zero attached hydrogens (tertiary/aromatic N) is 3. The van der Waals surface area contributed by atoms with Gasteiger partial charge in [-0.15, -0.1) is 10.2 Å². The average Bonchev–Trinajstić information content (AvgIpc) is 3.08. The van der Waals surface area contributed by atoms with Gasteiger partial charge in [0.2, 0.25) is 0 Å². The molecule has 26 heavy (non-hydrogen) atoms. The number of para-hydroxylation sites is 2. The smallest absolute Gasteiger partial charge is 0.196 e. The molecule has 134 valence electrons. The molecule has 3 aromatic rings. The number of thioether (sulfide) groups is 1. The summed E-state index contributed by atoms with van der Waals surface area (Å²) in [5.74, 6) is 1.65. The van der Waals surface area contributed by atoms with E-state index in [4.69, 9.17) is 4.74 Å². The Labute approximate surface area is 158 Å². The van der Waals surface area contributed by atoms with Gasteiger partial charge in [-0.1, -0.05) is 54.7 Å². The zero-order valence-electron chi connectivity index (χ0n) is 14.8. The van der Waals surface area contributed by atoms with E-state index < -0.39 is 0 Å². The van der Waals surface area contributed by atoms with Crippen molar-refractivity contribution in [3.05, 3.63) is 78.8 Å². The van der Waals surface area contributed by atoms with Gasteiger partial charge >= 0.3 is 0 Å². The normalized spacial score (nSPS) is 10.5. The summed E-state index contributed by atoms with van der Waals surface area (Å²) < 4.78 is 7.29. The Morgan fingerprint density at radius 1 is 1.12 bits per heavy atom. The van der Waals surface area contributed by atoms with Crippen molar-refractivity contribution in [3.63, 3.8) is 0 Å². The van der Waals surface area contributed by atoms with E-state index in [9.17, 15) is 0 Å². The molecular formula is C20H22N4OS. The number of aromatic nitrogens is 3. The van der Waals surface area contributed by atoms with E-state index in [1.165, 1.54) is 11.8 Å². The average molecular weight is 366 g/mol. The van der Waals surface area contributed by atoms with Crippen molar-refractivity contribution < 1.29 is 4.74 Å². The Bertz CT molecular complexity index is 848. The van der Waals surface area contributed by atoms with E-state index in [-0.39, 0.29) is 0 Å². The topological polar surface area (TPSA) is 52.0 Å². The molecule has 0 radical (unpaired) electrons. The monoisotopic (exact) mass is 366 g/mol. The van der Waals surface area contributed by atoms with E-state index in [1.54, 1.807) is 11.8 Å². The second-order valence-electron chi connectivity index (χ2n) is 5.62. The molecule has 0 aliphatic carbocycles. The van der Waals surface area contributed by atoms with Crippen LogP contribution in [0.2, 0.25) is 0 Å². The van der Waals surface area contributed by atoms with Crippen molar-refractivity contribution in [1.82, 2.24) is 14.8 Å². The van der Waals surface area contributed by atoms with Gasteiger partial charge in [-0.2, -0.15) is 0 Å². The lowest BCUT2D eigenvalue weighted by Crippen LogP contribution is -2.09. The minimum Gasteiger partial charge on any atom is -0.501 e. The zero-order valence-corrected chi connectivity index (χ0v) is 15.6. The summed E-state index contributed by atoms with van der Waals surface area (Å²) in [6.45, 7) is 6.83. The predicted octanol–water partition coefficient (Wildman–Crippen LogP) is 4.44. The van der Waals surface area contributed by atoms with Crippen molar-refractivity contribution in [2.75, 3.05) is 17.7 Å². The molecular weight excluding hydrogens is 344 g/mol. The second kappa shape index (κ2) is 9.10. The van der Waals surface area contributed by atoms with Crippen LogP contribution in [-0.4, -0.2) is 27.1 Å². The fourth-order valence-corrected chi connectivity index (χ4v) is 3.36. The van der Waals surface area contributed by atoms with Crippen LogP contribution in [0.15, 0.2) is 72.6 Å². The van der Waals surface area contributed by atoms with Gasteiger partial charge in [-0.3, -0.25) is 4.57 Å². The first-order chi connectivity index (χ1) is 12.8. The quantitative estimate of drug-likeness (QED) is 0.345. The van der Waals surface area contributed by atoms with Crippen LogP contribution in [0.4, 0.5) is 5.69 Å². The summed E-state index contributed by atoms with van der Waals surface area (Å²) in [7, 11) is 0. The summed E-state index contributed by atoms with van der Waals surface area (Å²) in [5.41, 5.74) is 3.35. The number of hydrogen-bond acceptors (Lipinski definition) is 5. The van der Waals surface area contributed by atoms with E-state index in [2.05, 4.69) is 57.8 Å². The molecule has 0 spiro atoms. The molecule has 5 nitrogen and oxygen atoms in total. The van der Waals surface area contributed by atoms with Gasteiger partial charge in [0.15, 0.2) is 11.0 Å². The second-order valence-corrected chi connectivity index (χ2v) is 6.69. The lowest BCUT2D eigenvalue weighted by atomic mass is 10.2. The number of rotatable bonds is 9. The molecule has 0 aliphatic heterocycles. The lowest BCUT2D eigenvalue weighted by Gasteiger charge is -2.12. The molecule has 1 N–H and O–H groups in total. The number of hydrogen-bond donors (Lipinski definition) is 1. The maximum absolute atomic E-state index is 5.20. The highest BCUT2D eigenvalue weighted by Crippen LogP contribution is 2.23. The molecule has 6 heteroatoms. The number of anilines is 1. The molecule has 1 aromatic heterocycles. The Hall–Kier alpha value is -2.73. The third-order valence-corrected chi connectivity index (χ3v) is 4.74. The van der Waals surface area contributed by atoms with Crippen LogP contribution in [0, 0.1) is 6.92 Å². The largest absolute Gasteiger partial charge is 0.501 e. The standard InChI is InChI=1S/C20H22N4OS/c1-3-25-13-14-26-20-23-22-19(24(20)17-10-5-4-6-11-17)15-21-18-12-8-7-9-16(18)2/h3-12,21H,1,13-15H2,2H3. The van der Waals surface area contributed by atoms with Gasteiger partial charge < -0.3 is 10.1 Å². The van der Waals surface area contributed by atoms with Crippen molar-refractivity contribution in [1.29, 1.82) is 0 Å². The van der Waals surface area contributed by atoms with Crippen LogP contribution in [0.3, 0.4) is 0 Å². The minimum absolute atomic E-state index is 0.590. The Morgan fingerprint density at radius 2 is 1.88 bits per heavy atom. The first kappa shape index (κ1) is 18.1. The van der Waals surface area contributed by atoms with Crippen molar-refractivity contribution in [2.24, 2.45) is 0 Å². The van der Waals surface area contributed by atoms with Gasteiger partial charge in [0.25, 0.3) is 0 Å². The van der Waals surface area contributed by atoms with Gasteiger partial charge in [-0.05, 0) is 30.7 Å². The maximum atomic E-state index is 5.20. The molecule has 3 rings (SSSR count). The molecule has 0 aliphatic rings. The van der Waals surface area contributed by atoms with Gasteiger partial charge in [0.05, 0.1) is 19.4 Å². The molecule has 2 aromatic carbocycles. The van der Waals surface area contributed by atoms with E-state index in [0.717, 1.165) is 28.1 Å². The summed E-state index contributed by atoms with van der Waals surface area (Å²) in [5, 5.41) is 13.1. The SMILES string of the molecule is C=COCCSc1nnc(CNc2ccccc2C)n1-c1ccccc1. The number of nitrogens with one attached hydrogen (secondary N) is 1. The summed E-state index contributed by atoms with van der Waals surface area (Å²) in [6.07, 6.45) is 1.46. The molecule has 0 bridgehead atoms. The molecule has 0 unspecified atom stereocenters. The highest BCUT2D eigenvalue weighted by molar-refractivity contribution is 7.99. The fraction of sp³-hybridized carbons (Fsp3) is 0.200. The number of aryl methyl sites for hydroxylation is 1. The van der Waals surface area contributed by atoms with E-state index in [0.29, 0.717) is 13.2 Å². The highest BCUT2D eigenvalue weighted by atomic mass is 32.2. The van der Waals surface area contributed by atoms with Gasteiger partial charge in [0, 0.05) is 17.1 Å². The predicted molar refractivity (Wildman–Crippen MR) is 107 cm³/mol. The molecule has 0 fully saturated rings. The molecule has 0 saturated carbocycles. The Kier molecular flexibility index (Phi) is 6.33. The van der Waals surface area contributed by atoms with Crippen molar-refractivity contribution >= 4 is 17.4 Å². The third kappa shape index (κ3) is 4.46. The lowest BCUT2D eigenvalue weighted by molar-refractivity contribution is 0.274. The van der Waals surface area contributed by atoms with Crippen LogP contribution in [0.25, 0.3) is 5.69 Å². The Morgan fingerprint density at radius 3 is 2.65 bits per heavy atom. The molecule has 0 atom stereocenters. The highest BCUT2D eigenvalue weighted by Gasteiger charge is 2.14. The van der Waals surface area contributed by atoms with Crippen LogP contribution in [0.1, 0.15) is 11.4 Å². The van der Waals surface area contributed by atoms with Gasteiger partial charge in [0.1, 0.15) is 0 Å². The first-order valence-corrected chi connectivity index (χ1v) is 9.42. The summed E-state index contributed by atoms with van der Waals surface area (Å²) in [6, 6.07) is 18.4. The van der Waals surface area contributed by atoms with Crippen molar-refractivity contribution in [2.45, 2.75) is 18.6 Å². The van der Waals surface area contributed by atoms with Crippen molar-refractivity contribution in [3.8, 4) is 5.69 Å². The van der Waals surface area contributed by atoms with Crippen LogP contribution < -0.4 is 5.32 Å². The molecule has 1 heterocycles. The molecule has 0 saturated heterocycles.